The minimum atomic E-state index is -0.206. The number of anilines is 1. The molecule has 0 radical (unpaired) electrons. The highest BCUT2D eigenvalue weighted by molar-refractivity contribution is 7.17. The van der Waals surface area contributed by atoms with Crippen LogP contribution in [0, 0.1) is 0 Å². The SMILES string of the molecule is O=C(Nc1ccccn1)c1sc(-c2ccccc2)nc1-c1ccccc1. The number of hydrogen-bond donors (Lipinski definition) is 1. The number of thiazole rings is 1. The van der Waals surface area contributed by atoms with Gasteiger partial charge in [0.25, 0.3) is 5.91 Å². The second-order valence-electron chi connectivity index (χ2n) is 5.60. The molecule has 0 aliphatic rings. The van der Waals surface area contributed by atoms with Crippen molar-refractivity contribution >= 4 is 23.1 Å². The zero-order valence-corrected chi connectivity index (χ0v) is 14.6. The molecule has 26 heavy (non-hydrogen) atoms. The van der Waals surface area contributed by atoms with Crippen LogP contribution < -0.4 is 5.32 Å². The van der Waals surface area contributed by atoms with Crippen LogP contribution in [-0.4, -0.2) is 15.9 Å². The van der Waals surface area contributed by atoms with Gasteiger partial charge < -0.3 is 5.32 Å². The highest BCUT2D eigenvalue weighted by Gasteiger charge is 2.20. The lowest BCUT2D eigenvalue weighted by Gasteiger charge is -2.04. The van der Waals surface area contributed by atoms with Crippen molar-refractivity contribution in [2.45, 2.75) is 0 Å². The number of amides is 1. The lowest BCUT2D eigenvalue weighted by molar-refractivity contribution is 0.103. The zero-order valence-electron chi connectivity index (χ0n) is 13.8. The van der Waals surface area contributed by atoms with E-state index in [0.29, 0.717) is 16.4 Å². The summed E-state index contributed by atoms with van der Waals surface area (Å²) in [5, 5.41) is 3.67. The monoisotopic (exact) mass is 357 g/mol. The van der Waals surface area contributed by atoms with Gasteiger partial charge >= 0.3 is 0 Å². The fraction of sp³-hybridized carbons (Fsp3) is 0. The van der Waals surface area contributed by atoms with E-state index in [1.807, 2.05) is 72.8 Å². The first-order valence-corrected chi connectivity index (χ1v) is 8.97. The molecule has 0 unspecified atom stereocenters. The minimum absolute atomic E-state index is 0.206. The minimum Gasteiger partial charge on any atom is -0.306 e. The molecule has 4 rings (SSSR count). The van der Waals surface area contributed by atoms with Crippen molar-refractivity contribution in [3.8, 4) is 21.8 Å². The predicted molar refractivity (Wildman–Crippen MR) is 105 cm³/mol. The zero-order chi connectivity index (χ0) is 17.8. The van der Waals surface area contributed by atoms with E-state index in [9.17, 15) is 4.79 Å². The molecule has 126 valence electrons. The summed E-state index contributed by atoms with van der Waals surface area (Å²) >= 11 is 1.38. The van der Waals surface area contributed by atoms with Gasteiger partial charge in [-0.15, -0.1) is 11.3 Å². The van der Waals surface area contributed by atoms with E-state index in [1.54, 1.807) is 12.3 Å². The van der Waals surface area contributed by atoms with Gasteiger partial charge in [-0.2, -0.15) is 0 Å². The Kier molecular flexibility index (Phi) is 4.53. The number of carbonyl (C=O) groups is 1. The quantitative estimate of drug-likeness (QED) is 0.551. The summed E-state index contributed by atoms with van der Waals surface area (Å²) in [7, 11) is 0. The van der Waals surface area contributed by atoms with Crippen molar-refractivity contribution in [2.24, 2.45) is 0 Å². The van der Waals surface area contributed by atoms with Crippen LogP contribution in [0.2, 0.25) is 0 Å². The average molecular weight is 357 g/mol. The number of pyridine rings is 1. The first-order valence-electron chi connectivity index (χ1n) is 8.15. The molecule has 1 amide bonds. The second kappa shape index (κ2) is 7.29. The van der Waals surface area contributed by atoms with Crippen molar-refractivity contribution in [2.75, 3.05) is 5.32 Å². The molecule has 0 fully saturated rings. The third kappa shape index (κ3) is 3.38. The van der Waals surface area contributed by atoms with Crippen molar-refractivity contribution in [3.05, 3.63) is 89.9 Å². The maximum Gasteiger partial charge on any atom is 0.269 e. The number of aromatic nitrogens is 2. The number of carbonyl (C=O) groups excluding carboxylic acids is 1. The molecule has 1 N–H and O–H groups in total. The van der Waals surface area contributed by atoms with Crippen LogP contribution in [-0.2, 0) is 0 Å². The largest absolute Gasteiger partial charge is 0.306 e. The Morgan fingerprint density at radius 2 is 1.46 bits per heavy atom. The summed E-state index contributed by atoms with van der Waals surface area (Å²) in [6.07, 6.45) is 1.65. The molecule has 2 aromatic heterocycles. The molecular weight excluding hydrogens is 342 g/mol. The fourth-order valence-corrected chi connectivity index (χ4v) is 3.57. The highest BCUT2D eigenvalue weighted by Crippen LogP contribution is 2.34. The average Bonchev–Trinajstić information content (AvgIpc) is 3.16. The highest BCUT2D eigenvalue weighted by atomic mass is 32.1. The second-order valence-corrected chi connectivity index (χ2v) is 6.60. The Labute approximate surface area is 155 Å². The predicted octanol–water partition coefficient (Wildman–Crippen LogP) is 5.12. The van der Waals surface area contributed by atoms with Crippen molar-refractivity contribution in [1.29, 1.82) is 0 Å². The summed E-state index contributed by atoms with van der Waals surface area (Å²) in [6, 6.07) is 25.0. The number of nitrogens with one attached hydrogen (secondary N) is 1. The van der Waals surface area contributed by atoms with Gasteiger partial charge in [0.05, 0.1) is 5.69 Å². The molecule has 0 saturated carbocycles. The van der Waals surface area contributed by atoms with E-state index >= 15 is 0 Å². The van der Waals surface area contributed by atoms with Crippen LogP contribution in [0.1, 0.15) is 9.67 Å². The van der Waals surface area contributed by atoms with Crippen LogP contribution in [0.4, 0.5) is 5.82 Å². The molecule has 0 spiro atoms. The van der Waals surface area contributed by atoms with Crippen LogP contribution >= 0.6 is 11.3 Å². The Morgan fingerprint density at radius 1 is 0.808 bits per heavy atom. The van der Waals surface area contributed by atoms with Crippen LogP contribution in [0.5, 0.6) is 0 Å². The van der Waals surface area contributed by atoms with Gasteiger partial charge in [-0.05, 0) is 12.1 Å². The molecule has 0 bridgehead atoms. The molecule has 2 heterocycles. The van der Waals surface area contributed by atoms with E-state index in [1.165, 1.54) is 11.3 Å². The Bertz CT molecular complexity index is 1020. The Balaban J connectivity index is 1.77. The lowest BCUT2D eigenvalue weighted by Crippen LogP contribution is -2.12. The molecular formula is C21H15N3OS. The Morgan fingerprint density at radius 3 is 2.12 bits per heavy atom. The van der Waals surface area contributed by atoms with Gasteiger partial charge in [-0.3, -0.25) is 4.79 Å². The number of benzene rings is 2. The van der Waals surface area contributed by atoms with Crippen molar-refractivity contribution in [3.63, 3.8) is 0 Å². The lowest BCUT2D eigenvalue weighted by atomic mass is 10.1. The van der Waals surface area contributed by atoms with Gasteiger partial charge in [-0.25, -0.2) is 9.97 Å². The summed E-state index contributed by atoms with van der Waals surface area (Å²) in [5.41, 5.74) is 2.59. The molecule has 4 aromatic rings. The maximum atomic E-state index is 12.9. The van der Waals surface area contributed by atoms with Gasteiger partial charge in [0.2, 0.25) is 0 Å². The molecule has 0 aliphatic carbocycles. The number of rotatable bonds is 4. The third-order valence-corrected chi connectivity index (χ3v) is 4.91. The van der Waals surface area contributed by atoms with E-state index in [4.69, 9.17) is 4.98 Å². The van der Waals surface area contributed by atoms with Gasteiger partial charge in [0.1, 0.15) is 15.7 Å². The smallest absolute Gasteiger partial charge is 0.269 e. The summed E-state index contributed by atoms with van der Waals surface area (Å²) in [6.45, 7) is 0. The molecule has 0 saturated heterocycles. The summed E-state index contributed by atoms with van der Waals surface area (Å²) < 4.78 is 0. The van der Waals surface area contributed by atoms with Gasteiger partial charge in [0, 0.05) is 17.3 Å². The van der Waals surface area contributed by atoms with Crippen molar-refractivity contribution in [1.82, 2.24) is 9.97 Å². The number of nitrogens with zero attached hydrogens (tertiary/aromatic N) is 2. The molecule has 0 atom stereocenters. The maximum absolute atomic E-state index is 12.9. The van der Waals surface area contributed by atoms with E-state index in [2.05, 4.69) is 10.3 Å². The van der Waals surface area contributed by atoms with Crippen molar-refractivity contribution < 1.29 is 4.79 Å². The van der Waals surface area contributed by atoms with E-state index in [0.717, 1.165) is 16.1 Å². The summed E-state index contributed by atoms with van der Waals surface area (Å²) in [5.74, 6) is 0.313. The van der Waals surface area contributed by atoms with E-state index < -0.39 is 0 Å². The normalized spacial score (nSPS) is 10.5. The summed E-state index contributed by atoms with van der Waals surface area (Å²) in [4.78, 5) is 22.4. The van der Waals surface area contributed by atoms with Crippen LogP contribution in [0.15, 0.2) is 85.1 Å². The van der Waals surface area contributed by atoms with Gasteiger partial charge in [-0.1, -0.05) is 66.7 Å². The molecule has 4 nitrogen and oxygen atoms in total. The van der Waals surface area contributed by atoms with Crippen LogP contribution in [0.3, 0.4) is 0 Å². The van der Waals surface area contributed by atoms with Crippen LogP contribution in [0.25, 0.3) is 21.8 Å². The fourth-order valence-electron chi connectivity index (χ4n) is 2.58. The first-order chi connectivity index (χ1) is 12.8. The van der Waals surface area contributed by atoms with Gasteiger partial charge in [0.15, 0.2) is 0 Å². The van der Waals surface area contributed by atoms with E-state index in [-0.39, 0.29) is 5.91 Å². The topological polar surface area (TPSA) is 54.9 Å². The standard InChI is InChI=1S/C21H15N3OS/c25-20(23-17-13-7-8-14-22-17)19-18(15-9-3-1-4-10-15)24-21(26-19)16-11-5-2-6-12-16/h1-14H,(H,22,23,25). The molecule has 0 aliphatic heterocycles. The Hall–Kier alpha value is -3.31. The number of hydrogen-bond acceptors (Lipinski definition) is 4. The third-order valence-electron chi connectivity index (χ3n) is 3.81. The first kappa shape index (κ1) is 16.2. The molecule has 2 aromatic carbocycles. The molecule has 5 heteroatoms.